The highest BCUT2D eigenvalue weighted by Gasteiger charge is 2.27. The largest absolute Gasteiger partial charge is 0.388 e. The van der Waals surface area contributed by atoms with Gasteiger partial charge in [-0.05, 0) is 31.4 Å². The summed E-state index contributed by atoms with van der Waals surface area (Å²) in [5, 5.41) is 13.3. The lowest BCUT2D eigenvalue weighted by Crippen LogP contribution is -2.42. The molecule has 1 amide bonds. The number of aryl methyl sites for hydroxylation is 1. The number of carbonyl (C=O) groups is 1. The molecule has 0 aliphatic heterocycles. The number of nitrogens with one attached hydrogen (secondary N) is 1. The zero-order chi connectivity index (χ0) is 15.1. The fourth-order valence-corrected chi connectivity index (χ4v) is 2.82. The van der Waals surface area contributed by atoms with Gasteiger partial charge in [0.25, 0.3) is 0 Å². The summed E-state index contributed by atoms with van der Waals surface area (Å²) in [6, 6.07) is 8.00. The fraction of sp³-hybridized carbons (Fsp3) is 0.500. The molecule has 3 heteroatoms. The Bertz CT molecular complexity index is 500. The Kier molecular flexibility index (Phi) is 5.57. The van der Waals surface area contributed by atoms with E-state index in [0.29, 0.717) is 6.54 Å². The highest BCUT2D eigenvalue weighted by molar-refractivity contribution is 5.91. The molecule has 1 aliphatic rings. The lowest BCUT2D eigenvalue weighted by molar-refractivity contribution is -0.117. The summed E-state index contributed by atoms with van der Waals surface area (Å²) < 4.78 is 0. The third-order valence-corrected chi connectivity index (χ3v) is 4.10. The van der Waals surface area contributed by atoms with Crippen LogP contribution in [0.15, 0.2) is 30.3 Å². The van der Waals surface area contributed by atoms with Gasteiger partial charge in [0.05, 0.1) is 5.60 Å². The number of amides is 1. The number of hydrogen-bond acceptors (Lipinski definition) is 2. The van der Waals surface area contributed by atoms with Crippen molar-refractivity contribution in [1.82, 2.24) is 5.32 Å². The number of carbonyl (C=O) groups excluding carboxylic acids is 1. The summed E-state index contributed by atoms with van der Waals surface area (Å²) in [4.78, 5) is 11.9. The zero-order valence-corrected chi connectivity index (χ0v) is 12.8. The van der Waals surface area contributed by atoms with Crippen LogP contribution >= 0.6 is 0 Å². The second-order valence-electron chi connectivity index (χ2n) is 6.10. The first-order chi connectivity index (χ1) is 10.1. The topological polar surface area (TPSA) is 49.3 Å². The van der Waals surface area contributed by atoms with Crippen molar-refractivity contribution in [3.05, 3.63) is 41.5 Å². The third-order valence-electron chi connectivity index (χ3n) is 4.10. The Labute approximate surface area is 127 Å². The fourth-order valence-electron chi connectivity index (χ4n) is 2.82. The normalized spacial score (nSPS) is 18.4. The minimum absolute atomic E-state index is 0.144. The zero-order valence-electron chi connectivity index (χ0n) is 12.8. The van der Waals surface area contributed by atoms with E-state index in [-0.39, 0.29) is 5.91 Å². The van der Waals surface area contributed by atoms with E-state index in [1.165, 1.54) is 24.5 Å². The quantitative estimate of drug-likeness (QED) is 0.660. The van der Waals surface area contributed by atoms with Crippen molar-refractivity contribution >= 4 is 12.0 Å². The van der Waals surface area contributed by atoms with E-state index in [4.69, 9.17) is 0 Å². The highest BCUT2D eigenvalue weighted by atomic mass is 16.3. The maximum absolute atomic E-state index is 11.9. The molecular weight excluding hydrogens is 262 g/mol. The van der Waals surface area contributed by atoms with E-state index in [2.05, 4.69) is 5.32 Å². The first-order valence-corrected chi connectivity index (χ1v) is 7.82. The van der Waals surface area contributed by atoms with E-state index < -0.39 is 5.60 Å². The molecule has 1 aromatic carbocycles. The van der Waals surface area contributed by atoms with Gasteiger partial charge in [0, 0.05) is 12.6 Å². The molecule has 0 aromatic heterocycles. The van der Waals surface area contributed by atoms with Crippen LogP contribution < -0.4 is 5.32 Å². The van der Waals surface area contributed by atoms with Crippen molar-refractivity contribution in [2.75, 3.05) is 6.54 Å². The van der Waals surface area contributed by atoms with E-state index in [9.17, 15) is 9.90 Å². The average Bonchev–Trinajstić information content (AvgIpc) is 2.68. The van der Waals surface area contributed by atoms with Crippen LogP contribution in [0, 0.1) is 6.92 Å². The first kappa shape index (κ1) is 15.8. The summed E-state index contributed by atoms with van der Waals surface area (Å²) in [5.74, 6) is -0.144. The van der Waals surface area contributed by atoms with Gasteiger partial charge < -0.3 is 10.4 Å². The van der Waals surface area contributed by atoms with E-state index in [1.54, 1.807) is 6.08 Å². The maximum atomic E-state index is 11.9. The molecule has 3 nitrogen and oxygen atoms in total. The second kappa shape index (κ2) is 7.41. The molecule has 21 heavy (non-hydrogen) atoms. The lowest BCUT2D eigenvalue weighted by atomic mass is 9.94. The van der Waals surface area contributed by atoms with Crippen molar-refractivity contribution in [3.63, 3.8) is 0 Å². The van der Waals surface area contributed by atoms with Gasteiger partial charge >= 0.3 is 0 Å². The Morgan fingerprint density at radius 2 is 2.00 bits per heavy atom. The molecule has 0 spiro atoms. The van der Waals surface area contributed by atoms with Gasteiger partial charge in [0.1, 0.15) is 0 Å². The molecule has 0 unspecified atom stereocenters. The van der Waals surface area contributed by atoms with Gasteiger partial charge in [0.15, 0.2) is 0 Å². The number of benzene rings is 1. The molecule has 1 saturated carbocycles. The van der Waals surface area contributed by atoms with Crippen molar-refractivity contribution in [2.24, 2.45) is 0 Å². The Balaban J connectivity index is 1.84. The molecule has 0 atom stereocenters. The van der Waals surface area contributed by atoms with E-state index in [0.717, 1.165) is 31.2 Å². The average molecular weight is 287 g/mol. The van der Waals surface area contributed by atoms with Gasteiger partial charge in [-0.2, -0.15) is 0 Å². The van der Waals surface area contributed by atoms with Crippen LogP contribution in [0.1, 0.15) is 49.7 Å². The van der Waals surface area contributed by atoms with Gasteiger partial charge in [-0.25, -0.2) is 0 Å². The molecule has 1 fully saturated rings. The molecule has 0 saturated heterocycles. The molecule has 2 rings (SSSR count). The second-order valence-corrected chi connectivity index (χ2v) is 6.10. The smallest absolute Gasteiger partial charge is 0.244 e. The molecule has 0 bridgehead atoms. The van der Waals surface area contributed by atoms with Crippen LogP contribution in [0.2, 0.25) is 0 Å². The third kappa shape index (κ3) is 5.35. The van der Waals surface area contributed by atoms with Crippen LogP contribution in [0.3, 0.4) is 0 Å². The summed E-state index contributed by atoms with van der Waals surface area (Å²) >= 11 is 0. The maximum Gasteiger partial charge on any atom is 0.244 e. The first-order valence-electron chi connectivity index (χ1n) is 7.82. The van der Waals surface area contributed by atoms with Gasteiger partial charge in [0.2, 0.25) is 5.91 Å². The summed E-state index contributed by atoms with van der Waals surface area (Å²) in [6.07, 6.45) is 9.38. The summed E-state index contributed by atoms with van der Waals surface area (Å²) in [7, 11) is 0. The van der Waals surface area contributed by atoms with Crippen LogP contribution in [0.5, 0.6) is 0 Å². The summed E-state index contributed by atoms with van der Waals surface area (Å²) in [6.45, 7) is 2.38. The lowest BCUT2D eigenvalue weighted by Gasteiger charge is -2.26. The van der Waals surface area contributed by atoms with Crippen molar-refractivity contribution < 1.29 is 9.90 Å². The van der Waals surface area contributed by atoms with Crippen molar-refractivity contribution in [1.29, 1.82) is 0 Å². The van der Waals surface area contributed by atoms with Crippen molar-refractivity contribution in [2.45, 2.75) is 51.0 Å². The Morgan fingerprint density at radius 3 is 2.67 bits per heavy atom. The SMILES string of the molecule is Cc1cccc(C=CC(=O)NCC2(O)CCCCCC2)c1. The van der Waals surface area contributed by atoms with Crippen LogP contribution in [0.25, 0.3) is 6.08 Å². The monoisotopic (exact) mass is 287 g/mol. The highest BCUT2D eigenvalue weighted by Crippen LogP contribution is 2.26. The molecule has 2 N–H and O–H groups in total. The van der Waals surface area contributed by atoms with E-state index in [1.807, 2.05) is 31.2 Å². The van der Waals surface area contributed by atoms with Gasteiger partial charge in [-0.1, -0.05) is 55.5 Å². The van der Waals surface area contributed by atoms with Crippen LogP contribution in [-0.4, -0.2) is 23.2 Å². The molecular formula is C18H25NO2. The minimum Gasteiger partial charge on any atom is -0.388 e. The van der Waals surface area contributed by atoms with Crippen LogP contribution in [-0.2, 0) is 4.79 Å². The molecule has 1 aromatic rings. The van der Waals surface area contributed by atoms with Gasteiger partial charge in [-0.3, -0.25) is 4.79 Å². The molecule has 0 heterocycles. The van der Waals surface area contributed by atoms with Crippen LogP contribution in [0.4, 0.5) is 0 Å². The number of rotatable bonds is 4. The predicted octanol–water partition coefficient (Wildman–Crippen LogP) is 3.21. The molecule has 114 valence electrons. The van der Waals surface area contributed by atoms with Gasteiger partial charge in [-0.15, -0.1) is 0 Å². The number of hydrogen-bond donors (Lipinski definition) is 2. The molecule has 1 aliphatic carbocycles. The standard InChI is InChI=1S/C18H25NO2/c1-15-7-6-8-16(13-15)9-10-17(20)19-14-18(21)11-4-2-3-5-12-18/h6-10,13,21H,2-5,11-12,14H2,1H3,(H,19,20). The molecule has 0 radical (unpaired) electrons. The number of aliphatic hydroxyl groups is 1. The minimum atomic E-state index is -0.719. The van der Waals surface area contributed by atoms with E-state index >= 15 is 0 Å². The Hall–Kier alpha value is -1.61. The van der Waals surface area contributed by atoms with Crippen molar-refractivity contribution in [3.8, 4) is 0 Å². The summed E-state index contributed by atoms with van der Waals surface area (Å²) in [5.41, 5.74) is 1.47. The Morgan fingerprint density at radius 1 is 1.29 bits per heavy atom. The predicted molar refractivity (Wildman–Crippen MR) is 85.9 cm³/mol.